The lowest BCUT2D eigenvalue weighted by molar-refractivity contribution is -0.131. The molecule has 170 valence electrons. The standard InChI is InChI=1S/C26H27FN4O2/c1-17-12-21(19-7-10-23(29-15-19)26(33)28-2)14-24(30-17)20-4-3-11-31(16-20)25(32)13-18-5-8-22(27)9-6-18/h5-10,12,14-15,20H,3-4,11,13,16H2,1-2H3,(H,28,33)/t20-/m0/s1. The molecule has 0 aliphatic carbocycles. The zero-order valence-electron chi connectivity index (χ0n) is 18.8. The van der Waals surface area contributed by atoms with E-state index in [-0.39, 0.29) is 30.0 Å². The van der Waals surface area contributed by atoms with Crippen molar-refractivity contribution < 1.29 is 14.0 Å². The Kier molecular flexibility index (Phi) is 6.77. The maximum atomic E-state index is 13.2. The van der Waals surface area contributed by atoms with E-state index < -0.39 is 0 Å². The number of aromatic nitrogens is 2. The first-order valence-electron chi connectivity index (χ1n) is 11.1. The fourth-order valence-electron chi connectivity index (χ4n) is 4.23. The largest absolute Gasteiger partial charge is 0.354 e. The first kappa shape index (κ1) is 22.6. The molecule has 4 rings (SSSR count). The van der Waals surface area contributed by atoms with Gasteiger partial charge in [0.1, 0.15) is 11.5 Å². The van der Waals surface area contributed by atoms with Gasteiger partial charge in [0.15, 0.2) is 0 Å². The molecule has 1 aliphatic heterocycles. The summed E-state index contributed by atoms with van der Waals surface area (Å²) in [6, 6.07) is 13.7. The molecule has 7 heteroatoms. The Morgan fingerprint density at radius 3 is 2.61 bits per heavy atom. The van der Waals surface area contributed by atoms with Crippen molar-refractivity contribution in [1.82, 2.24) is 20.2 Å². The Morgan fingerprint density at radius 1 is 1.12 bits per heavy atom. The van der Waals surface area contributed by atoms with Gasteiger partial charge in [0.05, 0.1) is 6.42 Å². The topological polar surface area (TPSA) is 75.2 Å². The minimum absolute atomic E-state index is 0.0492. The molecule has 0 bridgehead atoms. The summed E-state index contributed by atoms with van der Waals surface area (Å²) in [4.78, 5) is 35.6. The lowest BCUT2D eigenvalue weighted by Gasteiger charge is -2.33. The highest BCUT2D eigenvalue weighted by molar-refractivity contribution is 5.92. The second-order valence-corrected chi connectivity index (χ2v) is 8.42. The normalized spacial score (nSPS) is 15.8. The molecular weight excluding hydrogens is 419 g/mol. The first-order valence-corrected chi connectivity index (χ1v) is 11.1. The molecule has 0 radical (unpaired) electrons. The molecule has 1 fully saturated rings. The highest BCUT2D eigenvalue weighted by Crippen LogP contribution is 2.30. The smallest absolute Gasteiger partial charge is 0.269 e. The van der Waals surface area contributed by atoms with Gasteiger partial charge in [-0.3, -0.25) is 19.6 Å². The second kappa shape index (κ2) is 9.90. The maximum absolute atomic E-state index is 13.2. The number of carbonyl (C=O) groups excluding carboxylic acids is 2. The van der Waals surface area contributed by atoms with Crippen LogP contribution < -0.4 is 5.32 Å². The molecular formula is C26H27FN4O2. The number of hydrogen-bond acceptors (Lipinski definition) is 4. The molecule has 0 saturated carbocycles. The number of rotatable bonds is 5. The van der Waals surface area contributed by atoms with E-state index in [1.165, 1.54) is 12.1 Å². The van der Waals surface area contributed by atoms with Crippen LogP contribution in [0.3, 0.4) is 0 Å². The quantitative estimate of drug-likeness (QED) is 0.645. The van der Waals surface area contributed by atoms with Gasteiger partial charge in [-0.1, -0.05) is 18.2 Å². The lowest BCUT2D eigenvalue weighted by Crippen LogP contribution is -2.40. The molecule has 2 aromatic heterocycles. The number of hydrogen-bond donors (Lipinski definition) is 1. The van der Waals surface area contributed by atoms with Crippen LogP contribution in [0.4, 0.5) is 4.39 Å². The summed E-state index contributed by atoms with van der Waals surface area (Å²) in [5.41, 5.74) is 4.94. The van der Waals surface area contributed by atoms with Crippen LogP contribution >= 0.6 is 0 Å². The number of benzene rings is 1. The Hall–Kier alpha value is -3.61. The fraction of sp³-hybridized carbons (Fsp3) is 0.308. The Balaban J connectivity index is 1.50. The fourth-order valence-corrected chi connectivity index (χ4v) is 4.23. The molecule has 33 heavy (non-hydrogen) atoms. The zero-order chi connectivity index (χ0) is 23.4. The number of piperidine rings is 1. The third-order valence-electron chi connectivity index (χ3n) is 5.99. The number of likely N-dealkylation sites (tertiary alicyclic amines) is 1. The van der Waals surface area contributed by atoms with E-state index in [1.807, 2.05) is 24.0 Å². The van der Waals surface area contributed by atoms with Crippen LogP contribution in [-0.4, -0.2) is 46.8 Å². The molecule has 3 heterocycles. The average Bonchev–Trinajstić information content (AvgIpc) is 2.84. The second-order valence-electron chi connectivity index (χ2n) is 8.42. The van der Waals surface area contributed by atoms with Crippen LogP contribution in [0.2, 0.25) is 0 Å². The van der Waals surface area contributed by atoms with Gasteiger partial charge < -0.3 is 10.2 Å². The molecule has 1 atom stereocenters. The molecule has 0 unspecified atom stereocenters. The predicted molar refractivity (Wildman–Crippen MR) is 124 cm³/mol. The van der Waals surface area contributed by atoms with Crippen molar-refractivity contribution >= 4 is 11.8 Å². The van der Waals surface area contributed by atoms with Crippen molar-refractivity contribution in [2.75, 3.05) is 20.1 Å². The number of carbonyl (C=O) groups is 2. The maximum Gasteiger partial charge on any atom is 0.269 e. The van der Waals surface area contributed by atoms with Crippen molar-refractivity contribution in [3.8, 4) is 11.1 Å². The Bertz CT molecular complexity index is 1150. The zero-order valence-corrected chi connectivity index (χ0v) is 18.8. The summed E-state index contributed by atoms with van der Waals surface area (Å²) in [6.07, 6.45) is 3.84. The summed E-state index contributed by atoms with van der Waals surface area (Å²) in [6.45, 7) is 3.30. The highest BCUT2D eigenvalue weighted by atomic mass is 19.1. The number of aryl methyl sites for hydroxylation is 1. The van der Waals surface area contributed by atoms with Crippen molar-refractivity contribution in [3.05, 3.63) is 83.2 Å². The van der Waals surface area contributed by atoms with Crippen LogP contribution in [0.5, 0.6) is 0 Å². The summed E-state index contributed by atoms with van der Waals surface area (Å²) < 4.78 is 13.2. The summed E-state index contributed by atoms with van der Waals surface area (Å²) in [5.74, 6) is -0.328. The predicted octanol–water partition coefficient (Wildman–Crippen LogP) is 3.90. The summed E-state index contributed by atoms with van der Waals surface area (Å²) in [5, 5.41) is 2.57. The van der Waals surface area contributed by atoms with Crippen molar-refractivity contribution in [1.29, 1.82) is 0 Å². The molecule has 2 amide bonds. The summed E-state index contributed by atoms with van der Waals surface area (Å²) >= 11 is 0. The number of pyridine rings is 2. The number of nitrogens with one attached hydrogen (secondary N) is 1. The Morgan fingerprint density at radius 2 is 1.91 bits per heavy atom. The molecule has 1 aromatic carbocycles. The molecule has 3 aromatic rings. The van der Waals surface area contributed by atoms with Gasteiger partial charge in [-0.15, -0.1) is 0 Å². The number of halogens is 1. The lowest BCUT2D eigenvalue weighted by atomic mass is 9.92. The molecule has 1 aliphatic rings. The van der Waals surface area contributed by atoms with Gasteiger partial charge in [-0.2, -0.15) is 0 Å². The van der Waals surface area contributed by atoms with Gasteiger partial charge in [0.25, 0.3) is 5.91 Å². The van der Waals surface area contributed by atoms with Gasteiger partial charge in [0.2, 0.25) is 5.91 Å². The van der Waals surface area contributed by atoms with Crippen LogP contribution in [0.1, 0.15) is 46.2 Å². The van der Waals surface area contributed by atoms with Crippen molar-refractivity contribution in [2.24, 2.45) is 0 Å². The van der Waals surface area contributed by atoms with E-state index in [9.17, 15) is 14.0 Å². The number of amides is 2. The third kappa shape index (κ3) is 5.42. The van der Waals surface area contributed by atoms with E-state index in [0.29, 0.717) is 12.2 Å². The van der Waals surface area contributed by atoms with Gasteiger partial charge in [0, 0.05) is 49.2 Å². The van der Waals surface area contributed by atoms with Crippen molar-refractivity contribution in [3.63, 3.8) is 0 Å². The molecule has 6 nitrogen and oxygen atoms in total. The number of nitrogens with zero attached hydrogens (tertiary/aromatic N) is 3. The minimum Gasteiger partial charge on any atom is -0.354 e. The molecule has 1 saturated heterocycles. The van der Waals surface area contributed by atoms with E-state index in [0.717, 1.165) is 47.5 Å². The first-order chi connectivity index (χ1) is 15.9. The van der Waals surface area contributed by atoms with Gasteiger partial charge in [-0.25, -0.2) is 4.39 Å². The van der Waals surface area contributed by atoms with Crippen LogP contribution in [0.15, 0.2) is 54.7 Å². The van der Waals surface area contributed by atoms with E-state index >= 15 is 0 Å². The Labute approximate surface area is 192 Å². The van der Waals surface area contributed by atoms with E-state index in [4.69, 9.17) is 4.98 Å². The molecule has 0 spiro atoms. The van der Waals surface area contributed by atoms with Crippen LogP contribution in [-0.2, 0) is 11.2 Å². The van der Waals surface area contributed by atoms with Gasteiger partial charge in [-0.05, 0) is 61.2 Å². The van der Waals surface area contributed by atoms with E-state index in [1.54, 1.807) is 31.4 Å². The highest BCUT2D eigenvalue weighted by Gasteiger charge is 2.26. The average molecular weight is 447 g/mol. The van der Waals surface area contributed by atoms with Crippen molar-refractivity contribution in [2.45, 2.75) is 32.1 Å². The van der Waals surface area contributed by atoms with Crippen LogP contribution in [0.25, 0.3) is 11.1 Å². The van der Waals surface area contributed by atoms with Gasteiger partial charge >= 0.3 is 0 Å². The van der Waals surface area contributed by atoms with Crippen LogP contribution in [0, 0.1) is 12.7 Å². The van der Waals surface area contributed by atoms with E-state index in [2.05, 4.69) is 16.4 Å². The third-order valence-corrected chi connectivity index (χ3v) is 5.99. The summed E-state index contributed by atoms with van der Waals surface area (Å²) in [7, 11) is 1.58. The molecule has 1 N–H and O–H groups in total. The minimum atomic E-state index is -0.302. The monoisotopic (exact) mass is 446 g/mol. The SMILES string of the molecule is CNC(=O)c1ccc(-c2cc(C)nc([C@H]3CCCN(C(=O)Cc4ccc(F)cc4)C3)c2)cn1.